The van der Waals surface area contributed by atoms with Gasteiger partial charge in [-0.15, -0.1) is 0 Å². The molecule has 0 amide bonds. The molecule has 2 aromatic carbocycles. The second kappa shape index (κ2) is 9.92. The molecular weight excluding hydrogens is 454 g/mol. The quantitative estimate of drug-likeness (QED) is 0.443. The largest absolute Gasteiger partial charge is 0.399 e. The third-order valence-corrected chi connectivity index (χ3v) is 7.49. The van der Waals surface area contributed by atoms with E-state index >= 15 is 0 Å². The van der Waals surface area contributed by atoms with Gasteiger partial charge in [0.25, 0.3) is 0 Å². The molecule has 11 heteroatoms. The van der Waals surface area contributed by atoms with Crippen molar-refractivity contribution in [2.45, 2.75) is 32.2 Å². The lowest BCUT2D eigenvalue weighted by atomic mass is 9.92. The molecule has 11 nitrogen and oxygen atoms in total. The van der Waals surface area contributed by atoms with Crippen LogP contribution in [0.25, 0.3) is 21.8 Å². The minimum Gasteiger partial charge on any atom is -0.399 e. The number of aromatic nitrogens is 3. The van der Waals surface area contributed by atoms with Crippen LogP contribution in [0.3, 0.4) is 0 Å². The average molecular weight is 486 g/mol. The molecule has 0 spiro atoms. The van der Waals surface area contributed by atoms with Gasteiger partial charge in [-0.2, -0.15) is 0 Å². The van der Waals surface area contributed by atoms with E-state index in [9.17, 15) is 24.4 Å². The highest BCUT2D eigenvalue weighted by atomic mass is 16.5. The summed E-state index contributed by atoms with van der Waals surface area (Å²) in [6, 6.07) is 2.00. The molecule has 0 saturated carbocycles. The zero-order chi connectivity index (χ0) is 24.5. The molecule has 2 fully saturated rings. The molecule has 35 heavy (non-hydrogen) atoms. The number of nitrogens with zero attached hydrogens (tertiary/aromatic N) is 4. The van der Waals surface area contributed by atoms with E-state index in [2.05, 4.69) is 14.9 Å². The Morgan fingerprint density at radius 1 is 0.857 bits per heavy atom. The van der Waals surface area contributed by atoms with Crippen molar-refractivity contribution in [3.05, 3.63) is 53.0 Å². The number of ether oxygens (including phenoxy) is 1. The van der Waals surface area contributed by atoms with E-state index in [1.807, 2.05) is 0 Å². The predicted octanol–water partition coefficient (Wildman–Crippen LogP) is -0.136. The summed E-state index contributed by atoms with van der Waals surface area (Å²) < 4.78 is 6.67. The normalized spacial score (nSPS) is 18.6. The maximum atomic E-state index is 13.1. The van der Waals surface area contributed by atoms with Crippen LogP contribution in [0.15, 0.2) is 31.3 Å². The number of aromatic amines is 1. The molecule has 0 atom stereocenters. The molecule has 188 valence electrons. The Kier molecular flexibility index (Phi) is 6.72. The lowest BCUT2D eigenvalue weighted by Crippen LogP contribution is -2.38. The van der Waals surface area contributed by atoms with Gasteiger partial charge in [-0.05, 0) is 63.4 Å². The number of morpholine rings is 1. The van der Waals surface area contributed by atoms with Crippen LogP contribution in [0.1, 0.15) is 25.7 Å². The number of rotatable bonds is 7. The van der Waals surface area contributed by atoms with Gasteiger partial charge in [-0.25, -0.2) is 9.78 Å². The SMILES string of the molecule is O=c1ccc(=O)c2c(=O)c3c([nH]n(O)n3CCN3CCC(CCCN4CCOCC4)CC3)c(=O)c12. The standard InChI is InChI=1S/C24H31N5O6/c30-17-3-4-18(31)20-19(17)23(32)21-22(24(20)33)28(29(34)25-21)11-10-27-8-5-16(6-9-27)2-1-7-26-12-14-35-15-13-26/h3-4,16,25,34H,1-2,5-15H2. The smallest absolute Gasteiger partial charge is 0.218 e. The number of hydrogen-bond acceptors (Lipinski definition) is 8. The van der Waals surface area contributed by atoms with Gasteiger partial charge in [0.05, 0.1) is 30.5 Å². The number of benzene rings is 2. The Balaban J connectivity index is 1.24. The summed E-state index contributed by atoms with van der Waals surface area (Å²) in [5.41, 5.74) is -3.09. The molecule has 2 N–H and O–H groups in total. The minimum atomic E-state index is -0.753. The molecule has 5 rings (SSSR count). The first-order chi connectivity index (χ1) is 16.9. The molecule has 0 radical (unpaired) electrons. The first-order valence-electron chi connectivity index (χ1n) is 12.3. The number of hydrogen-bond donors (Lipinski definition) is 2. The fraction of sp³-hybridized carbons (Fsp3) is 0.583. The van der Waals surface area contributed by atoms with E-state index in [1.165, 1.54) is 17.5 Å². The second-order valence-corrected chi connectivity index (χ2v) is 9.60. The summed E-state index contributed by atoms with van der Waals surface area (Å²) >= 11 is 0. The van der Waals surface area contributed by atoms with Gasteiger partial charge in [0.15, 0.2) is 10.9 Å². The highest BCUT2D eigenvalue weighted by Gasteiger charge is 2.23. The minimum absolute atomic E-state index is 0.0919. The van der Waals surface area contributed by atoms with Crippen LogP contribution in [-0.4, -0.2) is 82.2 Å². The van der Waals surface area contributed by atoms with E-state index in [0.29, 0.717) is 17.4 Å². The Morgan fingerprint density at radius 3 is 2.17 bits per heavy atom. The molecule has 2 aliphatic heterocycles. The van der Waals surface area contributed by atoms with Crippen molar-refractivity contribution < 1.29 is 9.94 Å². The Bertz CT molecular complexity index is 1430. The van der Waals surface area contributed by atoms with E-state index < -0.39 is 32.5 Å². The molecular formula is C24H31N5O6. The summed E-state index contributed by atoms with van der Waals surface area (Å²) in [5.74, 6) is 0.704. The van der Waals surface area contributed by atoms with E-state index in [4.69, 9.17) is 4.74 Å². The van der Waals surface area contributed by atoms with E-state index in [1.54, 1.807) is 0 Å². The van der Waals surface area contributed by atoms with Crippen LogP contribution in [0.5, 0.6) is 0 Å². The monoisotopic (exact) mass is 485 g/mol. The first-order valence-corrected chi connectivity index (χ1v) is 12.3. The summed E-state index contributed by atoms with van der Waals surface area (Å²) in [6.45, 7) is 7.54. The number of fused-ring (bicyclic) bond motifs is 2. The van der Waals surface area contributed by atoms with Crippen molar-refractivity contribution in [2.75, 3.05) is 52.5 Å². The van der Waals surface area contributed by atoms with Gasteiger partial charge in [-0.1, -0.05) is 4.96 Å². The van der Waals surface area contributed by atoms with Crippen LogP contribution < -0.4 is 21.7 Å². The van der Waals surface area contributed by atoms with Gasteiger partial charge in [0.2, 0.25) is 10.9 Å². The lowest BCUT2D eigenvalue weighted by Gasteiger charge is -2.32. The zero-order valence-electron chi connectivity index (χ0n) is 19.7. The fourth-order valence-electron chi connectivity index (χ4n) is 5.45. The van der Waals surface area contributed by atoms with Crippen LogP contribution in [-0.2, 0) is 11.3 Å². The predicted molar refractivity (Wildman–Crippen MR) is 131 cm³/mol. The van der Waals surface area contributed by atoms with Gasteiger partial charge in [-0.3, -0.25) is 24.1 Å². The lowest BCUT2D eigenvalue weighted by molar-refractivity contribution is 0.0360. The molecule has 3 aromatic rings. The van der Waals surface area contributed by atoms with Crippen LogP contribution >= 0.6 is 0 Å². The number of H-pyrrole nitrogens is 1. The number of piperidine rings is 1. The highest BCUT2D eigenvalue weighted by molar-refractivity contribution is 5.94. The van der Waals surface area contributed by atoms with Crippen molar-refractivity contribution in [1.82, 2.24) is 24.5 Å². The molecule has 0 aliphatic carbocycles. The van der Waals surface area contributed by atoms with Crippen LogP contribution in [0, 0.1) is 5.92 Å². The van der Waals surface area contributed by atoms with Crippen molar-refractivity contribution in [3.8, 4) is 0 Å². The number of nitrogens with one attached hydrogen (secondary N) is 1. The van der Waals surface area contributed by atoms with Gasteiger partial charge >= 0.3 is 0 Å². The van der Waals surface area contributed by atoms with Crippen molar-refractivity contribution in [3.63, 3.8) is 0 Å². The van der Waals surface area contributed by atoms with Crippen LogP contribution in [0.2, 0.25) is 0 Å². The molecule has 0 unspecified atom stereocenters. The highest BCUT2D eigenvalue weighted by Crippen LogP contribution is 2.22. The maximum absolute atomic E-state index is 13.1. The van der Waals surface area contributed by atoms with E-state index in [0.717, 1.165) is 70.9 Å². The zero-order valence-corrected chi connectivity index (χ0v) is 19.7. The fourth-order valence-corrected chi connectivity index (χ4v) is 5.45. The topological polar surface area (TPSA) is 130 Å². The summed E-state index contributed by atoms with van der Waals surface area (Å²) in [4.78, 5) is 55.7. The first kappa shape index (κ1) is 23.7. The maximum Gasteiger partial charge on any atom is 0.218 e. The molecule has 3 heterocycles. The van der Waals surface area contributed by atoms with E-state index in [-0.39, 0.29) is 17.6 Å². The average Bonchev–Trinajstić information content (AvgIpc) is 3.20. The number of likely N-dealkylation sites (tertiary alicyclic amines) is 1. The Morgan fingerprint density at radius 2 is 1.49 bits per heavy atom. The second-order valence-electron chi connectivity index (χ2n) is 9.60. The van der Waals surface area contributed by atoms with Gasteiger partial charge in [0.1, 0.15) is 11.0 Å². The molecule has 0 bridgehead atoms. The summed E-state index contributed by atoms with van der Waals surface area (Å²) in [5, 5.41) is 12.0. The summed E-state index contributed by atoms with van der Waals surface area (Å²) in [7, 11) is 0. The van der Waals surface area contributed by atoms with Crippen molar-refractivity contribution >= 4 is 21.8 Å². The van der Waals surface area contributed by atoms with Crippen molar-refractivity contribution in [1.29, 1.82) is 0 Å². The Labute approximate surface area is 200 Å². The summed E-state index contributed by atoms with van der Waals surface area (Å²) in [6.07, 6.45) is 4.63. The molecule has 2 saturated heterocycles. The van der Waals surface area contributed by atoms with Gasteiger partial charge < -0.3 is 14.8 Å². The molecule has 2 aliphatic rings. The van der Waals surface area contributed by atoms with Crippen LogP contribution in [0.4, 0.5) is 0 Å². The third kappa shape index (κ3) is 4.63. The third-order valence-electron chi connectivity index (χ3n) is 7.49. The molecule has 1 aromatic heterocycles. The Hall–Kier alpha value is -3.02. The van der Waals surface area contributed by atoms with Gasteiger partial charge in [0, 0.05) is 19.6 Å². The van der Waals surface area contributed by atoms with Crippen molar-refractivity contribution in [2.24, 2.45) is 5.92 Å².